The molecule has 1 atom stereocenters. The molecule has 21 heavy (non-hydrogen) atoms. The molecule has 4 heteroatoms. The molecule has 4 nitrogen and oxygen atoms in total. The van der Waals surface area contributed by atoms with Crippen LogP contribution in [0.5, 0.6) is 0 Å². The summed E-state index contributed by atoms with van der Waals surface area (Å²) >= 11 is 0. The highest BCUT2D eigenvalue weighted by Gasteiger charge is 2.27. The van der Waals surface area contributed by atoms with Gasteiger partial charge in [-0.3, -0.25) is 4.79 Å². The molecule has 1 fully saturated rings. The molecule has 0 aliphatic carbocycles. The van der Waals surface area contributed by atoms with Crippen molar-refractivity contribution in [2.24, 2.45) is 5.92 Å². The number of rotatable bonds is 5. The van der Waals surface area contributed by atoms with Gasteiger partial charge < -0.3 is 15.0 Å². The van der Waals surface area contributed by atoms with Gasteiger partial charge in [0.15, 0.2) is 0 Å². The molecule has 112 valence electrons. The zero-order chi connectivity index (χ0) is 14.7. The molecule has 1 aliphatic heterocycles. The molecule has 1 aliphatic rings. The predicted molar refractivity (Wildman–Crippen MR) is 83.0 cm³/mol. The van der Waals surface area contributed by atoms with E-state index < -0.39 is 0 Å². The molecule has 1 aromatic carbocycles. The summed E-state index contributed by atoms with van der Waals surface area (Å²) in [6.45, 7) is 1.72. The van der Waals surface area contributed by atoms with Gasteiger partial charge in [-0.15, -0.1) is 0 Å². The van der Waals surface area contributed by atoms with Crippen LogP contribution in [0.2, 0.25) is 0 Å². The molecule has 3 rings (SSSR count). The van der Waals surface area contributed by atoms with E-state index in [-0.39, 0.29) is 18.4 Å². The molecule has 2 heterocycles. The molecular formula is C17H22N2O2. The third-order valence-electron chi connectivity index (χ3n) is 4.45. The van der Waals surface area contributed by atoms with Crippen molar-refractivity contribution in [3.05, 3.63) is 36.0 Å². The van der Waals surface area contributed by atoms with Crippen LogP contribution in [0, 0.1) is 5.92 Å². The fraction of sp³-hybridized carbons (Fsp3) is 0.471. The van der Waals surface area contributed by atoms with Crippen molar-refractivity contribution in [3.63, 3.8) is 0 Å². The monoisotopic (exact) mass is 286 g/mol. The summed E-state index contributed by atoms with van der Waals surface area (Å²) in [4.78, 5) is 17.6. The molecule has 1 unspecified atom stereocenters. The van der Waals surface area contributed by atoms with Crippen LogP contribution in [-0.2, 0) is 11.2 Å². The first kappa shape index (κ1) is 14.1. The largest absolute Gasteiger partial charge is 0.396 e. The van der Waals surface area contributed by atoms with Crippen LogP contribution in [0.1, 0.15) is 24.8 Å². The number of carbonyl (C=O) groups is 1. The van der Waals surface area contributed by atoms with Crippen molar-refractivity contribution >= 4 is 16.8 Å². The van der Waals surface area contributed by atoms with Crippen molar-refractivity contribution in [1.29, 1.82) is 0 Å². The Balaban J connectivity index is 1.65. The number of aromatic amines is 1. The van der Waals surface area contributed by atoms with Gasteiger partial charge >= 0.3 is 0 Å². The Morgan fingerprint density at radius 1 is 1.33 bits per heavy atom. The number of H-pyrrole nitrogens is 1. The highest BCUT2D eigenvalue weighted by molar-refractivity contribution is 5.83. The van der Waals surface area contributed by atoms with Gasteiger partial charge in [0.25, 0.3) is 0 Å². The van der Waals surface area contributed by atoms with E-state index in [4.69, 9.17) is 5.11 Å². The molecule has 2 N–H and O–H groups in total. The highest BCUT2D eigenvalue weighted by atomic mass is 16.3. The second kappa shape index (κ2) is 6.31. The van der Waals surface area contributed by atoms with E-state index in [1.807, 2.05) is 23.2 Å². The maximum atomic E-state index is 12.3. The minimum Gasteiger partial charge on any atom is -0.396 e. The second-order valence-electron chi connectivity index (χ2n) is 5.79. The van der Waals surface area contributed by atoms with Gasteiger partial charge in [-0.05, 0) is 37.3 Å². The first-order valence-corrected chi connectivity index (χ1v) is 7.74. The lowest BCUT2D eigenvalue weighted by molar-refractivity contribution is -0.139. The average molecular weight is 286 g/mol. The maximum Gasteiger partial charge on any atom is 0.225 e. The van der Waals surface area contributed by atoms with Crippen molar-refractivity contribution in [2.45, 2.75) is 25.7 Å². The number of para-hydroxylation sites is 1. The minimum atomic E-state index is 0.0201. The Hall–Kier alpha value is -1.81. The number of nitrogens with one attached hydrogen (secondary N) is 1. The Bertz CT molecular complexity index is 618. The Kier molecular flexibility index (Phi) is 4.25. The van der Waals surface area contributed by atoms with Crippen LogP contribution in [0.4, 0.5) is 0 Å². The van der Waals surface area contributed by atoms with E-state index in [1.165, 1.54) is 10.9 Å². The van der Waals surface area contributed by atoms with E-state index in [1.54, 1.807) is 0 Å². The third kappa shape index (κ3) is 2.95. The zero-order valence-corrected chi connectivity index (χ0v) is 12.2. The van der Waals surface area contributed by atoms with E-state index >= 15 is 0 Å². The Labute approximate surface area is 124 Å². The summed E-state index contributed by atoms with van der Waals surface area (Å²) < 4.78 is 0. The van der Waals surface area contributed by atoms with Crippen LogP contribution in [0.15, 0.2) is 30.5 Å². The van der Waals surface area contributed by atoms with Gasteiger partial charge in [0.1, 0.15) is 0 Å². The van der Waals surface area contributed by atoms with Gasteiger partial charge in [0.05, 0.1) is 0 Å². The molecule has 1 saturated heterocycles. The lowest BCUT2D eigenvalue weighted by Crippen LogP contribution is -2.42. The van der Waals surface area contributed by atoms with Gasteiger partial charge in [-0.1, -0.05) is 18.2 Å². The average Bonchev–Trinajstić information content (AvgIpc) is 2.92. The van der Waals surface area contributed by atoms with Crippen molar-refractivity contribution in [2.75, 3.05) is 19.7 Å². The number of nitrogens with zero attached hydrogens (tertiary/aromatic N) is 1. The number of carbonyl (C=O) groups excluding carboxylic acids is 1. The Morgan fingerprint density at radius 3 is 3.05 bits per heavy atom. The first-order chi connectivity index (χ1) is 10.3. The van der Waals surface area contributed by atoms with Crippen LogP contribution < -0.4 is 0 Å². The second-order valence-corrected chi connectivity index (χ2v) is 5.79. The van der Waals surface area contributed by atoms with E-state index in [2.05, 4.69) is 17.1 Å². The number of amides is 1. The van der Waals surface area contributed by atoms with Crippen molar-refractivity contribution in [3.8, 4) is 0 Å². The van der Waals surface area contributed by atoms with Gasteiger partial charge in [-0.2, -0.15) is 0 Å². The molecular weight excluding hydrogens is 264 g/mol. The van der Waals surface area contributed by atoms with Crippen LogP contribution in [0.25, 0.3) is 10.9 Å². The summed E-state index contributed by atoms with van der Waals surface area (Å²) in [5.41, 5.74) is 2.42. The fourth-order valence-electron chi connectivity index (χ4n) is 3.26. The molecule has 0 bridgehead atoms. The lowest BCUT2D eigenvalue weighted by atomic mass is 9.94. The first-order valence-electron chi connectivity index (χ1n) is 7.74. The number of hydrogen-bond acceptors (Lipinski definition) is 2. The maximum absolute atomic E-state index is 12.3. The summed E-state index contributed by atoms with van der Waals surface area (Å²) in [7, 11) is 0. The number of piperidine rings is 1. The van der Waals surface area contributed by atoms with Crippen LogP contribution in [-0.4, -0.2) is 40.6 Å². The quantitative estimate of drug-likeness (QED) is 0.886. The van der Waals surface area contributed by atoms with E-state index in [0.29, 0.717) is 6.42 Å². The summed E-state index contributed by atoms with van der Waals surface area (Å²) in [5.74, 6) is 0.238. The van der Waals surface area contributed by atoms with Gasteiger partial charge in [-0.25, -0.2) is 0 Å². The number of likely N-dealkylation sites (tertiary alicyclic amines) is 1. The fourth-order valence-corrected chi connectivity index (χ4v) is 3.26. The molecule has 0 spiro atoms. The number of fused-ring (bicyclic) bond motifs is 1. The predicted octanol–water partition coefficient (Wildman–Crippen LogP) is 2.33. The number of benzene rings is 1. The molecule has 1 aromatic heterocycles. The summed E-state index contributed by atoms with van der Waals surface area (Å²) in [5, 5.41) is 10.3. The highest BCUT2D eigenvalue weighted by Crippen LogP contribution is 2.22. The third-order valence-corrected chi connectivity index (χ3v) is 4.45. The minimum absolute atomic E-state index is 0.0201. The SMILES string of the molecule is O=C1C(CCO)CCCN1CCc1c[nH]c2ccccc12. The molecule has 2 aromatic rings. The number of hydrogen-bond donors (Lipinski definition) is 2. The normalized spacial score (nSPS) is 19.4. The van der Waals surface area contributed by atoms with Crippen molar-refractivity contribution in [1.82, 2.24) is 9.88 Å². The van der Waals surface area contributed by atoms with Crippen molar-refractivity contribution < 1.29 is 9.90 Å². The number of aromatic nitrogens is 1. The standard InChI is InChI=1S/C17H22N2O2/c20-11-8-13-4-3-9-19(17(13)21)10-7-14-12-18-16-6-2-1-5-15(14)16/h1-2,5-6,12-13,18,20H,3-4,7-11H2. The molecule has 0 radical (unpaired) electrons. The lowest BCUT2D eigenvalue weighted by Gasteiger charge is -2.32. The van der Waals surface area contributed by atoms with E-state index in [9.17, 15) is 4.79 Å². The number of aliphatic hydroxyl groups is 1. The Morgan fingerprint density at radius 2 is 2.19 bits per heavy atom. The molecule has 1 amide bonds. The topological polar surface area (TPSA) is 56.3 Å². The van der Waals surface area contributed by atoms with Gasteiger partial charge in [0, 0.05) is 42.7 Å². The summed E-state index contributed by atoms with van der Waals surface area (Å²) in [6.07, 6.45) is 5.49. The summed E-state index contributed by atoms with van der Waals surface area (Å²) in [6, 6.07) is 8.26. The molecule has 0 saturated carbocycles. The van der Waals surface area contributed by atoms with Crippen LogP contribution >= 0.6 is 0 Å². The number of aliphatic hydroxyl groups excluding tert-OH is 1. The van der Waals surface area contributed by atoms with E-state index in [0.717, 1.165) is 37.9 Å². The van der Waals surface area contributed by atoms with Crippen LogP contribution in [0.3, 0.4) is 0 Å². The van der Waals surface area contributed by atoms with Gasteiger partial charge in [0.2, 0.25) is 5.91 Å². The smallest absolute Gasteiger partial charge is 0.225 e. The zero-order valence-electron chi connectivity index (χ0n) is 12.2.